The topological polar surface area (TPSA) is 95.9 Å². The Balaban J connectivity index is 0.000000262. The van der Waals surface area contributed by atoms with Gasteiger partial charge in [0.2, 0.25) is 0 Å². The van der Waals surface area contributed by atoms with E-state index in [2.05, 4.69) is 22.0 Å². The lowest BCUT2D eigenvalue weighted by molar-refractivity contribution is -0.0510. The highest BCUT2D eigenvalue weighted by atomic mass is 32.2. The SMILES string of the molecule is C=Cc1cn[nH]n1.O=S(=O)(O)C(F)(F)F. The van der Waals surface area contributed by atoms with Gasteiger partial charge in [0, 0.05) is 0 Å². The quantitative estimate of drug-likeness (QED) is 0.564. The Morgan fingerprint density at radius 2 is 2.00 bits per heavy atom. The molecular weight excluding hydrogens is 239 g/mol. The van der Waals surface area contributed by atoms with E-state index in [1.54, 1.807) is 12.3 Å². The van der Waals surface area contributed by atoms with Crippen LogP contribution in [0.5, 0.6) is 0 Å². The molecule has 15 heavy (non-hydrogen) atoms. The Kier molecular flexibility index (Phi) is 4.42. The minimum absolute atomic E-state index is 0.778. The van der Waals surface area contributed by atoms with E-state index in [9.17, 15) is 13.2 Å². The summed E-state index contributed by atoms with van der Waals surface area (Å²) < 4.78 is 57.5. The van der Waals surface area contributed by atoms with Crippen LogP contribution in [0.1, 0.15) is 5.69 Å². The van der Waals surface area contributed by atoms with Crippen LogP contribution < -0.4 is 0 Å². The van der Waals surface area contributed by atoms with E-state index >= 15 is 0 Å². The van der Waals surface area contributed by atoms with Crippen molar-refractivity contribution in [2.75, 3.05) is 0 Å². The molecule has 0 aliphatic carbocycles. The molecule has 1 heterocycles. The Morgan fingerprint density at radius 1 is 1.53 bits per heavy atom. The first-order valence-corrected chi connectivity index (χ1v) is 4.64. The van der Waals surface area contributed by atoms with Gasteiger partial charge < -0.3 is 0 Å². The number of rotatable bonds is 1. The molecule has 0 atom stereocenters. The third-order valence-electron chi connectivity index (χ3n) is 0.935. The number of aromatic amines is 1. The van der Waals surface area contributed by atoms with E-state index in [0.29, 0.717) is 0 Å². The lowest BCUT2D eigenvalue weighted by atomic mass is 10.5. The number of hydrogen-bond donors (Lipinski definition) is 2. The molecule has 1 aromatic rings. The zero-order valence-corrected chi connectivity index (χ0v) is 7.88. The van der Waals surface area contributed by atoms with Crippen LogP contribution in [0.3, 0.4) is 0 Å². The van der Waals surface area contributed by atoms with Crippen molar-refractivity contribution in [3.05, 3.63) is 18.5 Å². The minimum atomic E-state index is -5.84. The van der Waals surface area contributed by atoms with E-state index in [1.807, 2.05) is 0 Å². The highest BCUT2D eigenvalue weighted by molar-refractivity contribution is 7.86. The summed E-state index contributed by atoms with van der Waals surface area (Å²) in [7, 11) is -5.84. The first kappa shape index (κ1) is 13.6. The second-order valence-electron chi connectivity index (χ2n) is 2.02. The molecule has 1 aromatic heterocycles. The van der Waals surface area contributed by atoms with Gasteiger partial charge in [-0.05, 0) is 6.08 Å². The van der Waals surface area contributed by atoms with Crippen LogP contribution in [0.2, 0.25) is 0 Å². The van der Waals surface area contributed by atoms with Crippen LogP contribution in [0.25, 0.3) is 6.08 Å². The molecule has 0 radical (unpaired) electrons. The zero-order valence-electron chi connectivity index (χ0n) is 7.06. The monoisotopic (exact) mass is 245 g/mol. The molecule has 0 unspecified atom stereocenters. The molecule has 6 nitrogen and oxygen atoms in total. The Hall–Kier alpha value is -1.42. The van der Waals surface area contributed by atoms with Crippen molar-refractivity contribution in [3.63, 3.8) is 0 Å². The summed E-state index contributed by atoms with van der Waals surface area (Å²) >= 11 is 0. The summed E-state index contributed by atoms with van der Waals surface area (Å²) in [6.07, 6.45) is 3.23. The van der Waals surface area contributed by atoms with Gasteiger partial charge >= 0.3 is 15.6 Å². The van der Waals surface area contributed by atoms with Crippen molar-refractivity contribution in [1.82, 2.24) is 15.4 Å². The number of nitrogens with one attached hydrogen (secondary N) is 1. The number of nitrogens with zero attached hydrogens (tertiary/aromatic N) is 2. The molecule has 1 rings (SSSR count). The van der Waals surface area contributed by atoms with Gasteiger partial charge in [-0.25, -0.2) is 0 Å². The molecule has 0 saturated carbocycles. The van der Waals surface area contributed by atoms with Crippen LogP contribution in [0.15, 0.2) is 12.8 Å². The van der Waals surface area contributed by atoms with E-state index < -0.39 is 15.6 Å². The highest BCUT2D eigenvalue weighted by Crippen LogP contribution is 2.20. The fraction of sp³-hybridized carbons (Fsp3) is 0.200. The predicted octanol–water partition coefficient (Wildman–Crippen LogP) is 0.842. The van der Waals surface area contributed by atoms with Crippen LogP contribution in [-0.4, -0.2) is 33.9 Å². The summed E-state index contributed by atoms with van der Waals surface area (Å²) in [5.41, 5.74) is -4.76. The van der Waals surface area contributed by atoms with Gasteiger partial charge in [-0.2, -0.15) is 37.0 Å². The van der Waals surface area contributed by atoms with Crippen molar-refractivity contribution in [2.45, 2.75) is 5.51 Å². The normalized spacial score (nSPS) is 11.5. The molecule has 0 saturated heterocycles. The van der Waals surface area contributed by atoms with Crippen LogP contribution in [-0.2, 0) is 10.1 Å². The second kappa shape index (κ2) is 4.89. The van der Waals surface area contributed by atoms with Gasteiger partial charge in [-0.15, -0.1) is 0 Å². The maximum absolute atomic E-state index is 10.7. The summed E-state index contributed by atoms with van der Waals surface area (Å²) in [5, 5.41) is 9.68. The molecule has 86 valence electrons. The van der Waals surface area contributed by atoms with Gasteiger partial charge in [0.1, 0.15) is 5.69 Å². The zero-order chi connectivity index (χ0) is 12.1. The second-order valence-corrected chi connectivity index (χ2v) is 3.43. The van der Waals surface area contributed by atoms with Gasteiger partial charge in [0.15, 0.2) is 0 Å². The number of hydrogen-bond acceptors (Lipinski definition) is 4. The average molecular weight is 245 g/mol. The lowest BCUT2D eigenvalue weighted by Crippen LogP contribution is -2.21. The van der Waals surface area contributed by atoms with Crippen molar-refractivity contribution in [2.24, 2.45) is 0 Å². The molecule has 0 spiro atoms. The van der Waals surface area contributed by atoms with Crippen LogP contribution in [0, 0.1) is 0 Å². The summed E-state index contributed by atoms with van der Waals surface area (Å²) in [5.74, 6) is 0. The maximum atomic E-state index is 10.7. The van der Waals surface area contributed by atoms with Gasteiger partial charge in [0.25, 0.3) is 0 Å². The molecule has 0 fully saturated rings. The van der Waals surface area contributed by atoms with Crippen molar-refractivity contribution in [3.8, 4) is 0 Å². The van der Waals surface area contributed by atoms with Crippen LogP contribution in [0.4, 0.5) is 13.2 Å². The highest BCUT2D eigenvalue weighted by Gasteiger charge is 2.44. The Bertz CT molecular complexity index is 397. The minimum Gasteiger partial charge on any atom is -0.279 e. The summed E-state index contributed by atoms with van der Waals surface area (Å²) in [4.78, 5) is 0. The third kappa shape index (κ3) is 5.12. The summed E-state index contributed by atoms with van der Waals surface area (Å²) in [6.45, 7) is 3.48. The number of halogens is 3. The van der Waals surface area contributed by atoms with Crippen molar-refractivity contribution < 1.29 is 26.1 Å². The van der Waals surface area contributed by atoms with Crippen molar-refractivity contribution >= 4 is 16.2 Å². The molecule has 10 heteroatoms. The Labute approximate surface area is 82.6 Å². The van der Waals surface area contributed by atoms with Gasteiger partial charge in [-0.1, -0.05) is 6.58 Å². The fourth-order valence-corrected chi connectivity index (χ4v) is 0.309. The molecule has 0 aliphatic heterocycles. The molecule has 0 aliphatic rings. The standard InChI is InChI=1S/C4H5N3.CHF3O3S/c1-2-4-3-5-7-6-4;2-1(3,4)8(5,6)7/h2-3H,1H2,(H,5,6,7);(H,5,6,7). The van der Waals surface area contributed by atoms with E-state index in [-0.39, 0.29) is 0 Å². The number of aromatic nitrogens is 3. The predicted molar refractivity (Wildman–Crippen MR) is 44.1 cm³/mol. The molecule has 0 bridgehead atoms. The smallest absolute Gasteiger partial charge is 0.279 e. The van der Waals surface area contributed by atoms with E-state index in [4.69, 9.17) is 13.0 Å². The van der Waals surface area contributed by atoms with Crippen molar-refractivity contribution in [1.29, 1.82) is 0 Å². The fourth-order valence-electron chi connectivity index (χ4n) is 0.309. The molecule has 0 aromatic carbocycles. The molecule has 0 amide bonds. The van der Waals surface area contributed by atoms with Crippen LogP contribution >= 0.6 is 0 Å². The first-order chi connectivity index (χ1) is 6.68. The molecule has 2 N–H and O–H groups in total. The number of H-pyrrole nitrogens is 1. The Morgan fingerprint density at radius 3 is 2.13 bits per heavy atom. The van der Waals surface area contributed by atoms with Gasteiger partial charge in [0.05, 0.1) is 6.20 Å². The molecular formula is C5H6F3N3O3S. The average Bonchev–Trinajstić information content (AvgIpc) is 2.52. The van der Waals surface area contributed by atoms with E-state index in [1.165, 1.54) is 0 Å². The van der Waals surface area contributed by atoms with Gasteiger partial charge in [-0.3, -0.25) is 4.55 Å². The first-order valence-electron chi connectivity index (χ1n) is 3.20. The largest absolute Gasteiger partial charge is 0.522 e. The maximum Gasteiger partial charge on any atom is 0.522 e. The third-order valence-corrected chi connectivity index (χ3v) is 1.52. The van der Waals surface area contributed by atoms with E-state index in [0.717, 1.165) is 5.69 Å². The lowest BCUT2D eigenvalue weighted by Gasteiger charge is -1.97. The number of alkyl halides is 3. The summed E-state index contributed by atoms with van der Waals surface area (Å²) in [6, 6.07) is 0.